The first kappa shape index (κ1) is 15.9. The van der Waals surface area contributed by atoms with Crippen molar-refractivity contribution >= 4 is 5.69 Å². The van der Waals surface area contributed by atoms with Gasteiger partial charge in [-0.05, 0) is 51.5 Å². The molecule has 3 nitrogen and oxygen atoms in total. The Morgan fingerprint density at radius 1 is 1.37 bits per heavy atom. The number of anilines is 1. The maximum absolute atomic E-state index is 13.4. The van der Waals surface area contributed by atoms with E-state index in [2.05, 4.69) is 26.1 Å². The number of nitrogens with one attached hydrogen (secondary N) is 1. The molecule has 1 unspecified atom stereocenters. The molecule has 0 radical (unpaired) electrons. The van der Waals surface area contributed by atoms with Gasteiger partial charge in [0.2, 0.25) is 0 Å². The molecule has 4 heteroatoms. The van der Waals surface area contributed by atoms with Gasteiger partial charge in [-0.1, -0.05) is 0 Å². The lowest BCUT2D eigenvalue weighted by atomic mass is 10.1. The van der Waals surface area contributed by atoms with Gasteiger partial charge in [-0.3, -0.25) is 0 Å². The molecular weight excluding hydrogens is 243 g/mol. The average Bonchev–Trinajstić information content (AvgIpc) is 2.34. The molecule has 0 saturated carbocycles. The van der Waals surface area contributed by atoms with Crippen molar-refractivity contribution in [3.63, 3.8) is 0 Å². The molecule has 2 N–H and O–H groups in total. The number of rotatable bonds is 5. The van der Waals surface area contributed by atoms with Crippen LogP contribution < -0.4 is 10.2 Å². The maximum atomic E-state index is 13.4. The van der Waals surface area contributed by atoms with E-state index in [9.17, 15) is 9.50 Å². The van der Waals surface area contributed by atoms with Crippen LogP contribution in [0.3, 0.4) is 0 Å². The second-order valence-corrected chi connectivity index (χ2v) is 6.02. The van der Waals surface area contributed by atoms with E-state index in [1.807, 2.05) is 18.9 Å². The van der Waals surface area contributed by atoms with Crippen LogP contribution in [-0.2, 0) is 6.54 Å². The van der Waals surface area contributed by atoms with Gasteiger partial charge in [0.25, 0.3) is 0 Å². The molecule has 0 bridgehead atoms. The molecular formula is C15H25FN2O. The molecule has 0 aromatic heterocycles. The van der Waals surface area contributed by atoms with Crippen LogP contribution in [0, 0.1) is 5.82 Å². The largest absolute Gasteiger partial charge is 0.394 e. The van der Waals surface area contributed by atoms with Crippen molar-refractivity contribution < 1.29 is 9.50 Å². The Morgan fingerprint density at radius 2 is 2.00 bits per heavy atom. The highest BCUT2D eigenvalue weighted by atomic mass is 19.1. The van der Waals surface area contributed by atoms with Crippen LogP contribution in [0.1, 0.15) is 33.3 Å². The van der Waals surface area contributed by atoms with Crippen LogP contribution in [-0.4, -0.2) is 30.3 Å². The Kier molecular flexibility index (Phi) is 5.32. The van der Waals surface area contributed by atoms with Crippen LogP contribution in [0.25, 0.3) is 0 Å². The van der Waals surface area contributed by atoms with E-state index in [-0.39, 0.29) is 24.0 Å². The summed E-state index contributed by atoms with van der Waals surface area (Å²) in [5, 5.41) is 12.6. The van der Waals surface area contributed by atoms with E-state index >= 15 is 0 Å². The SMILES string of the molecule is CC(CO)N(C)c1ccc(F)cc1CNC(C)(C)C. The van der Waals surface area contributed by atoms with Gasteiger partial charge in [-0.2, -0.15) is 0 Å². The predicted molar refractivity (Wildman–Crippen MR) is 77.9 cm³/mol. The third-order valence-electron chi connectivity index (χ3n) is 3.16. The Balaban J connectivity index is 2.97. The number of aliphatic hydroxyl groups is 1. The highest BCUT2D eigenvalue weighted by Crippen LogP contribution is 2.23. The molecule has 108 valence electrons. The van der Waals surface area contributed by atoms with Crippen molar-refractivity contribution in [2.24, 2.45) is 0 Å². The molecule has 1 rings (SSSR count). The van der Waals surface area contributed by atoms with Crippen molar-refractivity contribution in [1.82, 2.24) is 5.32 Å². The highest BCUT2D eigenvalue weighted by Gasteiger charge is 2.15. The first-order valence-corrected chi connectivity index (χ1v) is 6.61. The molecule has 0 fully saturated rings. The van der Waals surface area contributed by atoms with E-state index in [1.54, 1.807) is 12.1 Å². The summed E-state index contributed by atoms with van der Waals surface area (Å²) in [5.74, 6) is -0.237. The first-order chi connectivity index (χ1) is 8.74. The molecule has 0 aliphatic carbocycles. The van der Waals surface area contributed by atoms with Gasteiger partial charge in [0.05, 0.1) is 6.61 Å². The third-order valence-corrected chi connectivity index (χ3v) is 3.16. The lowest BCUT2D eigenvalue weighted by Crippen LogP contribution is -2.37. The van der Waals surface area contributed by atoms with Crippen LogP contribution in [0.2, 0.25) is 0 Å². The molecule has 1 aromatic carbocycles. The lowest BCUT2D eigenvalue weighted by Gasteiger charge is -2.29. The van der Waals surface area contributed by atoms with E-state index in [4.69, 9.17) is 0 Å². The normalized spacial score (nSPS) is 13.4. The number of hydrogen-bond donors (Lipinski definition) is 2. The molecule has 0 heterocycles. The number of nitrogens with zero attached hydrogens (tertiary/aromatic N) is 1. The van der Waals surface area contributed by atoms with Gasteiger partial charge in [-0.15, -0.1) is 0 Å². The number of halogens is 1. The maximum Gasteiger partial charge on any atom is 0.123 e. The Hall–Kier alpha value is -1.13. The van der Waals surface area contributed by atoms with Crippen molar-refractivity contribution in [2.45, 2.75) is 45.8 Å². The van der Waals surface area contributed by atoms with Gasteiger partial charge in [-0.25, -0.2) is 4.39 Å². The van der Waals surface area contributed by atoms with Crippen LogP contribution >= 0.6 is 0 Å². The lowest BCUT2D eigenvalue weighted by molar-refractivity contribution is 0.270. The van der Waals surface area contributed by atoms with Gasteiger partial charge < -0.3 is 15.3 Å². The zero-order valence-corrected chi connectivity index (χ0v) is 12.5. The summed E-state index contributed by atoms with van der Waals surface area (Å²) in [5.41, 5.74) is 1.82. The van der Waals surface area contributed by atoms with Crippen LogP contribution in [0.15, 0.2) is 18.2 Å². The van der Waals surface area contributed by atoms with E-state index in [0.717, 1.165) is 11.3 Å². The topological polar surface area (TPSA) is 35.5 Å². The summed E-state index contributed by atoms with van der Waals surface area (Å²) in [4.78, 5) is 1.97. The average molecular weight is 268 g/mol. The van der Waals surface area contributed by atoms with Gasteiger partial charge in [0.1, 0.15) is 5.82 Å². The molecule has 1 aromatic rings. The minimum absolute atomic E-state index is 0.00107. The monoisotopic (exact) mass is 268 g/mol. The standard InChI is InChI=1S/C15H25FN2O/c1-11(10-19)18(5)14-7-6-13(16)8-12(14)9-17-15(2,3)4/h6-8,11,17,19H,9-10H2,1-5H3. The van der Waals surface area contributed by atoms with Crippen molar-refractivity contribution in [1.29, 1.82) is 0 Å². The van der Waals surface area contributed by atoms with E-state index in [1.165, 1.54) is 6.07 Å². The molecule has 1 atom stereocenters. The molecule has 0 amide bonds. The fourth-order valence-electron chi connectivity index (χ4n) is 1.76. The van der Waals surface area contributed by atoms with Crippen molar-refractivity contribution in [3.8, 4) is 0 Å². The summed E-state index contributed by atoms with van der Waals surface area (Å²) in [6, 6.07) is 4.77. The summed E-state index contributed by atoms with van der Waals surface area (Å²) in [7, 11) is 1.91. The summed E-state index contributed by atoms with van der Waals surface area (Å²) in [6.45, 7) is 8.83. The summed E-state index contributed by atoms with van der Waals surface area (Å²) < 4.78 is 13.4. The molecule has 0 aliphatic rings. The van der Waals surface area contributed by atoms with Gasteiger partial charge in [0, 0.05) is 30.9 Å². The van der Waals surface area contributed by atoms with Gasteiger partial charge in [0.15, 0.2) is 0 Å². The van der Waals surface area contributed by atoms with E-state index < -0.39 is 0 Å². The summed E-state index contributed by atoms with van der Waals surface area (Å²) >= 11 is 0. The molecule has 19 heavy (non-hydrogen) atoms. The predicted octanol–water partition coefficient (Wildman–Crippen LogP) is 2.53. The number of likely N-dealkylation sites (N-methyl/N-ethyl adjacent to an activating group) is 1. The minimum Gasteiger partial charge on any atom is -0.394 e. The fraction of sp³-hybridized carbons (Fsp3) is 0.600. The zero-order chi connectivity index (χ0) is 14.6. The zero-order valence-electron chi connectivity index (χ0n) is 12.5. The second-order valence-electron chi connectivity index (χ2n) is 6.02. The Bertz CT molecular complexity index is 415. The number of benzene rings is 1. The first-order valence-electron chi connectivity index (χ1n) is 6.61. The van der Waals surface area contributed by atoms with Crippen LogP contribution in [0.4, 0.5) is 10.1 Å². The van der Waals surface area contributed by atoms with E-state index in [0.29, 0.717) is 6.54 Å². The summed E-state index contributed by atoms with van der Waals surface area (Å²) in [6.07, 6.45) is 0. The van der Waals surface area contributed by atoms with Crippen molar-refractivity contribution in [2.75, 3.05) is 18.6 Å². The fourth-order valence-corrected chi connectivity index (χ4v) is 1.76. The smallest absolute Gasteiger partial charge is 0.123 e. The minimum atomic E-state index is -0.237. The number of aliphatic hydroxyl groups excluding tert-OH is 1. The van der Waals surface area contributed by atoms with Crippen LogP contribution in [0.5, 0.6) is 0 Å². The third kappa shape index (κ3) is 4.80. The Morgan fingerprint density at radius 3 is 2.53 bits per heavy atom. The number of hydrogen-bond acceptors (Lipinski definition) is 3. The van der Waals surface area contributed by atoms with Crippen molar-refractivity contribution in [3.05, 3.63) is 29.6 Å². The molecule has 0 spiro atoms. The highest BCUT2D eigenvalue weighted by molar-refractivity contribution is 5.54. The second kappa shape index (κ2) is 6.35. The van der Waals surface area contributed by atoms with Gasteiger partial charge >= 0.3 is 0 Å². The Labute approximate surface area is 115 Å². The molecule has 0 saturated heterocycles. The molecule has 0 aliphatic heterocycles. The quantitative estimate of drug-likeness (QED) is 0.861.